The van der Waals surface area contributed by atoms with Crippen LogP contribution in [-0.4, -0.2) is 70.5 Å². The summed E-state index contributed by atoms with van der Waals surface area (Å²) in [7, 11) is 0. The maximum atomic E-state index is 12.3. The number of amides is 4. The lowest BCUT2D eigenvalue weighted by Crippen LogP contribution is -2.56. The van der Waals surface area contributed by atoms with Crippen molar-refractivity contribution in [2.24, 2.45) is 11.5 Å². The lowest BCUT2D eigenvalue weighted by atomic mass is 10.1. The van der Waals surface area contributed by atoms with E-state index in [0.29, 0.717) is 0 Å². The third-order valence-corrected chi connectivity index (χ3v) is 3.25. The lowest BCUT2D eigenvalue weighted by molar-refractivity contribution is -0.142. The summed E-state index contributed by atoms with van der Waals surface area (Å²) in [5.74, 6) is -6.19. The third kappa shape index (κ3) is 9.74. The Morgan fingerprint density at radius 2 is 1.48 bits per heavy atom. The molecule has 9 N–H and O–H groups in total. The molecule has 3 unspecified atom stereocenters. The Morgan fingerprint density at radius 1 is 0.926 bits per heavy atom. The highest BCUT2D eigenvalue weighted by atomic mass is 16.4. The zero-order valence-corrected chi connectivity index (χ0v) is 14.6. The fourth-order valence-corrected chi connectivity index (χ4v) is 1.85. The van der Waals surface area contributed by atoms with Crippen LogP contribution in [0.1, 0.15) is 26.2 Å². The van der Waals surface area contributed by atoms with Crippen molar-refractivity contribution in [3.63, 3.8) is 0 Å². The first-order chi connectivity index (χ1) is 12.5. The molecule has 0 radical (unpaired) electrons. The van der Waals surface area contributed by atoms with E-state index in [4.69, 9.17) is 21.7 Å². The fourth-order valence-electron chi connectivity index (χ4n) is 1.85. The van der Waals surface area contributed by atoms with Crippen LogP contribution in [-0.2, 0) is 28.8 Å². The van der Waals surface area contributed by atoms with Gasteiger partial charge in [-0.1, -0.05) is 0 Å². The molecule has 0 rings (SSSR count). The van der Waals surface area contributed by atoms with Crippen molar-refractivity contribution in [3.05, 3.63) is 0 Å². The predicted molar refractivity (Wildman–Crippen MR) is 88.8 cm³/mol. The number of carbonyl (C=O) groups is 6. The van der Waals surface area contributed by atoms with Gasteiger partial charge >= 0.3 is 11.9 Å². The molecule has 3 atom stereocenters. The van der Waals surface area contributed by atoms with Crippen molar-refractivity contribution in [2.45, 2.75) is 44.3 Å². The van der Waals surface area contributed by atoms with Crippen molar-refractivity contribution in [3.8, 4) is 0 Å². The van der Waals surface area contributed by atoms with Crippen LogP contribution < -0.4 is 27.4 Å². The maximum Gasteiger partial charge on any atom is 0.325 e. The zero-order valence-electron chi connectivity index (χ0n) is 14.6. The predicted octanol–water partition coefficient (Wildman–Crippen LogP) is -3.76. The van der Waals surface area contributed by atoms with Crippen LogP contribution in [0.2, 0.25) is 0 Å². The molecule has 0 aromatic heterocycles. The van der Waals surface area contributed by atoms with E-state index in [0.717, 1.165) is 0 Å². The summed E-state index contributed by atoms with van der Waals surface area (Å²) in [6.07, 6.45) is -1.45. The molecule has 0 aliphatic rings. The number of nitrogens with one attached hydrogen (secondary N) is 3. The average Bonchev–Trinajstić information content (AvgIpc) is 2.56. The van der Waals surface area contributed by atoms with Gasteiger partial charge in [-0.05, 0) is 13.3 Å². The van der Waals surface area contributed by atoms with E-state index in [9.17, 15) is 28.8 Å². The molecular formula is C14H23N5O8. The molecule has 0 bridgehead atoms. The number of carbonyl (C=O) groups excluding carboxylic acids is 4. The number of hydrogen-bond donors (Lipinski definition) is 7. The van der Waals surface area contributed by atoms with E-state index in [-0.39, 0.29) is 6.42 Å². The van der Waals surface area contributed by atoms with Crippen molar-refractivity contribution in [1.82, 2.24) is 16.0 Å². The van der Waals surface area contributed by atoms with Crippen LogP contribution in [0.3, 0.4) is 0 Å². The van der Waals surface area contributed by atoms with E-state index in [1.165, 1.54) is 6.92 Å². The molecular weight excluding hydrogens is 366 g/mol. The summed E-state index contributed by atoms with van der Waals surface area (Å²) in [4.78, 5) is 68.4. The molecule has 0 saturated heterocycles. The van der Waals surface area contributed by atoms with Gasteiger partial charge in [-0.15, -0.1) is 0 Å². The van der Waals surface area contributed by atoms with Gasteiger partial charge in [0.25, 0.3) is 0 Å². The Bertz CT molecular complexity index is 608. The summed E-state index contributed by atoms with van der Waals surface area (Å²) in [5.41, 5.74) is 10.1. The molecule has 13 heteroatoms. The average molecular weight is 389 g/mol. The molecule has 152 valence electrons. The number of carboxylic acid groups (broad SMARTS) is 2. The first kappa shape index (κ1) is 23.8. The zero-order chi connectivity index (χ0) is 21.1. The molecule has 0 spiro atoms. The van der Waals surface area contributed by atoms with E-state index >= 15 is 0 Å². The molecule has 4 amide bonds. The van der Waals surface area contributed by atoms with Crippen LogP contribution in [0.15, 0.2) is 0 Å². The lowest BCUT2D eigenvalue weighted by Gasteiger charge is -2.23. The first-order valence-electron chi connectivity index (χ1n) is 7.81. The van der Waals surface area contributed by atoms with Gasteiger partial charge in [0.2, 0.25) is 23.6 Å². The van der Waals surface area contributed by atoms with Crippen LogP contribution in [0.5, 0.6) is 0 Å². The van der Waals surface area contributed by atoms with E-state index in [1.54, 1.807) is 0 Å². The maximum absolute atomic E-state index is 12.3. The van der Waals surface area contributed by atoms with Crippen LogP contribution in [0, 0.1) is 0 Å². The summed E-state index contributed by atoms with van der Waals surface area (Å²) in [5, 5.41) is 24.0. The summed E-state index contributed by atoms with van der Waals surface area (Å²) < 4.78 is 0. The minimum absolute atomic E-state index is 0.354. The van der Waals surface area contributed by atoms with Gasteiger partial charge < -0.3 is 37.6 Å². The second-order valence-corrected chi connectivity index (χ2v) is 5.56. The smallest absolute Gasteiger partial charge is 0.325 e. The molecule has 0 saturated carbocycles. The van der Waals surface area contributed by atoms with Gasteiger partial charge in [-0.2, -0.15) is 0 Å². The minimum atomic E-state index is -1.43. The topological polar surface area (TPSA) is 231 Å². The van der Waals surface area contributed by atoms with E-state index in [1.807, 2.05) is 0 Å². The Morgan fingerprint density at radius 3 is 1.93 bits per heavy atom. The second kappa shape index (κ2) is 11.4. The highest BCUT2D eigenvalue weighted by Crippen LogP contribution is 2.02. The normalized spacial score (nSPS) is 13.6. The van der Waals surface area contributed by atoms with Crippen molar-refractivity contribution < 1.29 is 39.0 Å². The molecule has 0 aliphatic carbocycles. The van der Waals surface area contributed by atoms with Gasteiger partial charge in [-0.25, -0.2) is 0 Å². The van der Waals surface area contributed by atoms with Gasteiger partial charge in [0, 0.05) is 6.42 Å². The number of aliphatic carboxylic acids is 2. The molecule has 27 heavy (non-hydrogen) atoms. The Labute approximate surface area is 153 Å². The van der Waals surface area contributed by atoms with Crippen molar-refractivity contribution in [2.75, 3.05) is 6.54 Å². The Balaban J connectivity index is 5.26. The Kier molecular flexibility index (Phi) is 10.0. The largest absolute Gasteiger partial charge is 0.481 e. The molecule has 0 heterocycles. The van der Waals surface area contributed by atoms with Crippen molar-refractivity contribution >= 4 is 35.6 Å². The first-order valence-corrected chi connectivity index (χ1v) is 7.81. The molecule has 0 aromatic rings. The second-order valence-electron chi connectivity index (χ2n) is 5.56. The number of primary amides is 1. The monoisotopic (exact) mass is 389 g/mol. The number of rotatable bonds is 12. The van der Waals surface area contributed by atoms with Crippen molar-refractivity contribution in [1.29, 1.82) is 0 Å². The van der Waals surface area contributed by atoms with Crippen LogP contribution in [0.4, 0.5) is 0 Å². The summed E-state index contributed by atoms with van der Waals surface area (Å²) in [6, 6.07) is -4.14. The SMILES string of the molecule is CC(NC(=O)C(CCC(=O)O)NC(=O)C(CC(N)=O)NC(=O)CN)C(=O)O. The number of nitrogens with two attached hydrogens (primary N) is 2. The summed E-state index contributed by atoms with van der Waals surface area (Å²) in [6.45, 7) is 0.704. The van der Waals surface area contributed by atoms with Gasteiger partial charge in [0.1, 0.15) is 18.1 Å². The molecule has 0 aromatic carbocycles. The summed E-state index contributed by atoms with van der Waals surface area (Å²) >= 11 is 0. The van der Waals surface area contributed by atoms with Crippen LogP contribution in [0.25, 0.3) is 0 Å². The highest BCUT2D eigenvalue weighted by molar-refractivity contribution is 5.95. The van der Waals surface area contributed by atoms with Gasteiger partial charge in [-0.3, -0.25) is 28.8 Å². The fraction of sp³-hybridized carbons (Fsp3) is 0.571. The van der Waals surface area contributed by atoms with E-state index < -0.39 is 73.1 Å². The quantitative estimate of drug-likeness (QED) is 0.173. The Hall–Kier alpha value is -3.22. The van der Waals surface area contributed by atoms with Gasteiger partial charge in [0.15, 0.2) is 0 Å². The standard InChI is InChI=1S/C14H23N5O8/c1-6(14(26)27)17-12(24)7(2-3-11(22)23)19-13(25)8(4-9(16)20)18-10(21)5-15/h6-8H,2-5,15H2,1H3,(H2,16,20)(H,17,24)(H,18,21)(H,19,25)(H,22,23)(H,26,27). The number of hydrogen-bond acceptors (Lipinski definition) is 7. The number of carboxylic acids is 2. The minimum Gasteiger partial charge on any atom is -0.481 e. The molecule has 0 aliphatic heterocycles. The van der Waals surface area contributed by atoms with Gasteiger partial charge in [0.05, 0.1) is 13.0 Å². The molecule has 0 fully saturated rings. The van der Waals surface area contributed by atoms with E-state index in [2.05, 4.69) is 16.0 Å². The molecule has 13 nitrogen and oxygen atoms in total. The van der Waals surface area contributed by atoms with Crippen LogP contribution >= 0.6 is 0 Å². The highest BCUT2D eigenvalue weighted by Gasteiger charge is 2.29. The third-order valence-electron chi connectivity index (χ3n) is 3.25.